The molecular weight excluding hydrogens is 281 g/mol. The summed E-state index contributed by atoms with van der Waals surface area (Å²) in [5, 5.41) is 4.20. The Balaban J connectivity index is 2.29. The van der Waals surface area contributed by atoms with Gasteiger partial charge < -0.3 is 0 Å². The van der Waals surface area contributed by atoms with Gasteiger partial charge in [0.15, 0.2) is 5.78 Å². The highest BCUT2D eigenvalue weighted by atomic mass is 19.4. The third-order valence-electron chi connectivity index (χ3n) is 3.51. The summed E-state index contributed by atoms with van der Waals surface area (Å²) in [6, 6.07) is 4.50. The highest BCUT2D eigenvalue weighted by molar-refractivity contribution is 5.97. The minimum atomic E-state index is -4.45. The number of aromatic nitrogens is 2. The van der Waals surface area contributed by atoms with E-state index < -0.39 is 11.7 Å². The summed E-state index contributed by atoms with van der Waals surface area (Å²) >= 11 is 0. The Labute approximate surface area is 120 Å². The van der Waals surface area contributed by atoms with E-state index >= 15 is 0 Å². The Bertz CT molecular complexity index is 687. The molecule has 1 heterocycles. The number of halogens is 3. The quantitative estimate of drug-likeness (QED) is 0.813. The number of Topliss-reactive ketones (excluding diaryl/α,β-unsaturated/α-hetero) is 1. The predicted octanol–water partition coefficient (Wildman–Crippen LogP) is 3.48. The molecule has 0 fully saturated rings. The Hall–Kier alpha value is -2.11. The molecule has 0 N–H and O–H groups in total. The Morgan fingerprint density at radius 2 is 1.95 bits per heavy atom. The van der Waals surface area contributed by atoms with Crippen LogP contribution in [0.3, 0.4) is 0 Å². The number of ketones is 1. The van der Waals surface area contributed by atoms with Crippen LogP contribution in [0.5, 0.6) is 0 Å². The van der Waals surface area contributed by atoms with Crippen molar-refractivity contribution >= 4 is 5.78 Å². The van der Waals surface area contributed by atoms with E-state index in [-0.39, 0.29) is 17.8 Å². The minimum Gasteiger partial charge on any atom is -0.294 e. The number of nitrogens with zero attached hydrogens (tertiary/aromatic N) is 2. The van der Waals surface area contributed by atoms with E-state index in [2.05, 4.69) is 5.10 Å². The molecule has 3 nitrogen and oxygen atoms in total. The number of carbonyl (C=O) groups excluding carboxylic acids is 1. The summed E-state index contributed by atoms with van der Waals surface area (Å²) in [5.41, 5.74) is 1.57. The zero-order valence-corrected chi connectivity index (χ0v) is 12.0. The SMILES string of the molecule is Cc1nn(C)c(C)c1CC(=O)c1cccc(C(F)(F)F)c1. The zero-order valence-electron chi connectivity index (χ0n) is 12.0. The summed E-state index contributed by atoms with van der Waals surface area (Å²) in [6.07, 6.45) is -4.40. The van der Waals surface area contributed by atoms with E-state index in [0.29, 0.717) is 0 Å². The number of hydrogen-bond donors (Lipinski definition) is 0. The van der Waals surface area contributed by atoms with Crippen LogP contribution in [-0.4, -0.2) is 15.6 Å². The largest absolute Gasteiger partial charge is 0.416 e. The molecular formula is C15H15F3N2O. The molecule has 112 valence electrons. The van der Waals surface area contributed by atoms with Gasteiger partial charge in [0.1, 0.15) is 0 Å². The summed E-state index contributed by atoms with van der Waals surface area (Å²) in [5.74, 6) is -0.347. The van der Waals surface area contributed by atoms with E-state index in [0.717, 1.165) is 29.1 Å². The first-order chi connectivity index (χ1) is 9.70. The second-order valence-electron chi connectivity index (χ2n) is 4.95. The van der Waals surface area contributed by atoms with Gasteiger partial charge in [-0.25, -0.2) is 0 Å². The number of rotatable bonds is 3. The van der Waals surface area contributed by atoms with Gasteiger partial charge in [0.2, 0.25) is 0 Å². The van der Waals surface area contributed by atoms with E-state index in [1.165, 1.54) is 12.1 Å². The van der Waals surface area contributed by atoms with Crippen LogP contribution in [0.1, 0.15) is 32.9 Å². The number of aryl methyl sites for hydroxylation is 2. The second kappa shape index (κ2) is 5.35. The molecule has 0 aliphatic rings. The maximum absolute atomic E-state index is 12.7. The molecule has 0 aliphatic heterocycles. The molecule has 0 aliphatic carbocycles. The van der Waals surface area contributed by atoms with E-state index in [1.54, 1.807) is 18.7 Å². The predicted molar refractivity (Wildman–Crippen MR) is 72.2 cm³/mol. The van der Waals surface area contributed by atoms with Gasteiger partial charge >= 0.3 is 6.18 Å². The topological polar surface area (TPSA) is 34.9 Å². The average molecular weight is 296 g/mol. The van der Waals surface area contributed by atoms with Crippen molar-refractivity contribution in [1.29, 1.82) is 0 Å². The van der Waals surface area contributed by atoms with Crippen molar-refractivity contribution in [1.82, 2.24) is 9.78 Å². The van der Waals surface area contributed by atoms with Crippen LogP contribution < -0.4 is 0 Å². The lowest BCUT2D eigenvalue weighted by atomic mass is 10.00. The molecule has 1 aromatic carbocycles. The van der Waals surface area contributed by atoms with Crippen LogP contribution in [-0.2, 0) is 19.6 Å². The van der Waals surface area contributed by atoms with Gasteiger partial charge in [-0.1, -0.05) is 12.1 Å². The monoisotopic (exact) mass is 296 g/mol. The minimum absolute atomic E-state index is 0.0484. The highest BCUT2D eigenvalue weighted by Crippen LogP contribution is 2.29. The summed E-state index contributed by atoms with van der Waals surface area (Å²) in [4.78, 5) is 12.2. The van der Waals surface area contributed by atoms with Crippen molar-refractivity contribution in [2.75, 3.05) is 0 Å². The average Bonchev–Trinajstić information content (AvgIpc) is 2.64. The number of benzene rings is 1. The normalized spacial score (nSPS) is 11.7. The van der Waals surface area contributed by atoms with Crippen LogP contribution in [0.4, 0.5) is 13.2 Å². The van der Waals surface area contributed by atoms with Crippen molar-refractivity contribution in [2.24, 2.45) is 7.05 Å². The van der Waals surface area contributed by atoms with Gasteiger partial charge in [-0.2, -0.15) is 18.3 Å². The molecule has 1 aromatic heterocycles. The first-order valence-electron chi connectivity index (χ1n) is 6.39. The van der Waals surface area contributed by atoms with E-state index in [4.69, 9.17) is 0 Å². The maximum Gasteiger partial charge on any atom is 0.416 e. The molecule has 0 unspecified atom stereocenters. The molecule has 0 atom stereocenters. The van der Waals surface area contributed by atoms with Gasteiger partial charge in [-0.3, -0.25) is 9.48 Å². The van der Waals surface area contributed by atoms with Crippen LogP contribution in [0.15, 0.2) is 24.3 Å². The molecule has 0 saturated heterocycles. The fraction of sp³-hybridized carbons (Fsp3) is 0.333. The summed E-state index contributed by atoms with van der Waals surface area (Å²) in [6.45, 7) is 3.61. The molecule has 21 heavy (non-hydrogen) atoms. The van der Waals surface area contributed by atoms with E-state index in [1.807, 2.05) is 6.92 Å². The van der Waals surface area contributed by atoms with Crippen molar-refractivity contribution in [3.63, 3.8) is 0 Å². The first kappa shape index (κ1) is 15.3. The van der Waals surface area contributed by atoms with Crippen molar-refractivity contribution < 1.29 is 18.0 Å². The smallest absolute Gasteiger partial charge is 0.294 e. The van der Waals surface area contributed by atoms with Gasteiger partial charge in [0, 0.05) is 30.3 Å². The Morgan fingerprint density at radius 3 is 2.48 bits per heavy atom. The molecule has 0 amide bonds. The lowest BCUT2D eigenvalue weighted by Gasteiger charge is -2.08. The van der Waals surface area contributed by atoms with Crippen LogP contribution in [0.2, 0.25) is 0 Å². The number of carbonyl (C=O) groups is 1. The lowest BCUT2D eigenvalue weighted by molar-refractivity contribution is -0.137. The third-order valence-corrected chi connectivity index (χ3v) is 3.51. The van der Waals surface area contributed by atoms with Crippen molar-refractivity contribution in [3.8, 4) is 0 Å². The van der Waals surface area contributed by atoms with E-state index in [9.17, 15) is 18.0 Å². The molecule has 0 saturated carbocycles. The molecule has 0 bridgehead atoms. The van der Waals surface area contributed by atoms with Crippen molar-refractivity contribution in [3.05, 3.63) is 52.3 Å². The molecule has 0 radical (unpaired) electrons. The molecule has 6 heteroatoms. The van der Waals surface area contributed by atoms with Crippen LogP contribution in [0, 0.1) is 13.8 Å². The maximum atomic E-state index is 12.7. The van der Waals surface area contributed by atoms with Gasteiger partial charge in [-0.15, -0.1) is 0 Å². The molecule has 2 rings (SSSR count). The Morgan fingerprint density at radius 1 is 1.29 bits per heavy atom. The standard InChI is InChI=1S/C15H15F3N2O/c1-9-13(10(2)20(3)19-9)8-14(21)11-5-4-6-12(7-11)15(16,17)18/h4-7H,8H2,1-3H3. The number of hydrogen-bond acceptors (Lipinski definition) is 2. The van der Waals surface area contributed by atoms with Crippen molar-refractivity contribution in [2.45, 2.75) is 26.4 Å². The first-order valence-corrected chi connectivity index (χ1v) is 6.39. The number of alkyl halides is 3. The lowest BCUT2D eigenvalue weighted by Crippen LogP contribution is -2.09. The second-order valence-corrected chi connectivity index (χ2v) is 4.95. The fourth-order valence-electron chi connectivity index (χ4n) is 2.20. The van der Waals surface area contributed by atoms with Gasteiger partial charge in [-0.05, 0) is 26.0 Å². The molecule has 2 aromatic rings. The summed E-state index contributed by atoms with van der Waals surface area (Å²) < 4.78 is 39.7. The van der Waals surface area contributed by atoms with Crippen LogP contribution >= 0.6 is 0 Å². The zero-order chi connectivity index (χ0) is 15.8. The van der Waals surface area contributed by atoms with Gasteiger partial charge in [0.25, 0.3) is 0 Å². The summed E-state index contributed by atoms with van der Waals surface area (Å²) in [7, 11) is 1.76. The van der Waals surface area contributed by atoms with Gasteiger partial charge in [0.05, 0.1) is 11.3 Å². The van der Waals surface area contributed by atoms with Crippen LogP contribution in [0.25, 0.3) is 0 Å². The fourth-order valence-corrected chi connectivity index (χ4v) is 2.20. The highest BCUT2D eigenvalue weighted by Gasteiger charge is 2.31. The Kier molecular flexibility index (Phi) is 3.89. The molecule has 0 spiro atoms. The third kappa shape index (κ3) is 3.15.